The molecule has 0 saturated carbocycles. The van der Waals surface area contributed by atoms with E-state index < -0.39 is 28.0 Å². The number of benzene rings is 2. The zero-order chi connectivity index (χ0) is 18.2. The maximum Gasteiger partial charge on any atom is 0.282 e. The van der Waals surface area contributed by atoms with Crippen molar-refractivity contribution >= 4 is 10.0 Å². The van der Waals surface area contributed by atoms with E-state index in [0.29, 0.717) is 5.69 Å². The van der Waals surface area contributed by atoms with Crippen molar-refractivity contribution in [3.05, 3.63) is 66.1 Å². The molecule has 0 aliphatic rings. The van der Waals surface area contributed by atoms with Gasteiger partial charge in [0.1, 0.15) is 11.5 Å². The molecule has 0 unspecified atom stereocenters. The van der Waals surface area contributed by atoms with E-state index in [9.17, 15) is 21.6 Å². The normalized spacial score (nSPS) is 11.9. The van der Waals surface area contributed by atoms with E-state index in [1.165, 1.54) is 30.3 Å². The SMILES string of the molecule is NS(=O)(=O)c1ccccc1-c1cc(C(F)F)nn1-c1ccc(F)cc1. The first-order chi connectivity index (χ1) is 11.8. The first-order valence-corrected chi connectivity index (χ1v) is 8.58. The molecular formula is C16H12F3N3O2S. The predicted molar refractivity (Wildman–Crippen MR) is 85.3 cm³/mol. The molecule has 9 heteroatoms. The number of hydrogen-bond donors (Lipinski definition) is 1. The Balaban J connectivity index is 2.28. The van der Waals surface area contributed by atoms with Crippen LogP contribution in [0.1, 0.15) is 12.1 Å². The fourth-order valence-corrected chi connectivity index (χ4v) is 3.15. The van der Waals surface area contributed by atoms with E-state index in [-0.39, 0.29) is 16.2 Å². The molecule has 0 amide bonds. The predicted octanol–water partition coefficient (Wildman–Crippen LogP) is 3.26. The number of nitrogens with zero attached hydrogens (tertiary/aromatic N) is 2. The molecule has 5 nitrogen and oxygen atoms in total. The summed E-state index contributed by atoms with van der Waals surface area (Å²) in [6.45, 7) is 0. The van der Waals surface area contributed by atoms with Gasteiger partial charge in [-0.25, -0.2) is 31.4 Å². The minimum Gasteiger partial charge on any atom is -0.233 e. The Hall–Kier alpha value is -2.65. The van der Waals surface area contributed by atoms with E-state index in [1.807, 2.05) is 0 Å². The molecular weight excluding hydrogens is 355 g/mol. The van der Waals surface area contributed by atoms with E-state index in [1.54, 1.807) is 6.07 Å². The van der Waals surface area contributed by atoms with E-state index in [0.717, 1.165) is 22.9 Å². The summed E-state index contributed by atoms with van der Waals surface area (Å²) >= 11 is 0. The zero-order valence-electron chi connectivity index (χ0n) is 12.6. The Morgan fingerprint density at radius 1 is 1.04 bits per heavy atom. The molecule has 0 radical (unpaired) electrons. The summed E-state index contributed by atoms with van der Waals surface area (Å²) in [4.78, 5) is -0.223. The highest BCUT2D eigenvalue weighted by Gasteiger charge is 2.22. The summed E-state index contributed by atoms with van der Waals surface area (Å²) in [6, 6.07) is 11.8. The van der Waals surface area contributed by atoms with E-state index >= 15 is 0 Å². The first kappa shape index (κ1) is 17.2. The number of rotatable bonds is 4. The van der Waals surface area contributed by atoms with Gasteiger partial charge < -0.3 is 0 Å². The molecule has 3 rings (SSSR count). The smallest absolute Gasteiger partial charge is 0.233 e. The quantitative estimate of drug-likeness (QED) is 0.769. The third kappa shape index (κ3) is 3.42. The van der Waals surface area contributed by atoms with Crippen molar-refractivity contribution in [2.45, 2.75) is 11.3 Å². The van der Waals surface area contributed by atoms with Crippen molar-refractivity contribution in [3.8, 4) is 16.9 Å². The lowest BCUT2D eigenvalue weighted by molar-refractivity contribution is 0.145. The highest BCUT2D eigenvalue weighted by atomic mass is 32.2. The first-order valence-electron chi connectivity index (χ1n) is 7.03. The van der Waals surface area contributed by atoms with Crippen LogP contribution in [0.3, 0.4) is 0 Å². The van der Waals surface area contributed by atoms with Crippen LogP contribution in [0.25, 0.3) is 16.9 Å². The van der Waals surface area contributed by atoms with Crippen LogP contribution >= 0.6 is 0 Å². The molecule has 1 heterocycles. The molecule has 3 aromatic rings. The third-order valence-corrected chi connectivity index (χ3v) is 4.46. The van der Waals surface area contributed by atoms with Crippen LogP contribution in [-0.2, 0) is 10.0 Å². The molecule has 130 valence electrons. The third-order valence-electron chi connectivity index (χ3n) is 3.49. The molecule has 0 saturated heterocycles. The Kier molecular flexibility index (Phi) is 4.36. The summed E-state index contributed by atoms with van der Waals surface area (Å²) in [6.07, 6.45) is -2.86. The van der Waals surface area contributed by atoms with Gasteiger partial charge in [-0.2, -0.15) is 5.10 Å². The van der Waals surface area contributed by atoms with Crippen LogP contribution in [0, 0.1) is 5.82 Å². The molecule has 0 aliphatic carbocycles. The van der Waals surface area contributed by atoms with Crippen molar-refractivity contribution in [3.63, 3.8) is 0 Å². The van der Waals surface area contributed by atoms with Gasteiger partial charge in [-0.1, -0.05) is 18.2 Å². The molecule has 0 bridgehead atoms. The van der Waals surface area contributed by atoms with Crippen LogP contribution in [0.5, 0.6) is 0 Å². The largest absolute Gasteiger partial charge is 0.282 e. The Bertz CT molecular complexity index is 1020. The average Bonchev–Trinajstić information content (AvgIpc) is 3.00. The molecule has 0 aliphatic heterocycles. The average molecular weight is 367 g/mol. The zero-order valence-corrected chi connectivity index (χ0v) is 13.4. The summed E-state index contributed by atoms with van der Waals surface area (Å²) in [5.74, 6) is -0.503. The number of halogens is 3. The maximum atomic E-state index is 13.1. The molecule has 2 aromatic carbocycles. The van der Waals surface area contributed by atoms with E-state index in [2.05, 4.69) is 5.10 Å². The number of primary sulfonamides is 1. The van der Waals surface area contributed by atoms with E-state index in [4.69, 9.17) is 5.14 Å². The van der Waals surface area contributed by atoms with Crippen LogP contribution in [0.2, 0.25) is 0 Å². The van der Waals surface area contributed by atoms with Crippen LogP contribution < -0.4 is 5.14 Å². The summed E-state index contributed by atoms with van der Waals surface area (Å²) in [5, 5.41) is 9.03. The second-order valence-electron chi connectivity index (χ2n) is 5.18. The fourth-order valence-electron chi connectivity index (χ4n) is 2.40. The van der Waals surface area contributed by atoms with Gasteiger partial charge in [0.2, 0.25) is 10.0 Å². The fraction of sp³-hybridized carbons (Fsp3) is 0.0625. The van der Waals surface area contributed by atoms with Gasteiger partial charge in [0.25, 0.3) is 6.43 Å². The van der Waals surface area contributed by atoms with Crippen molar-refractivity contribution in [1.29, 1.82) is 0 Å². The number of sulfonamides is 1. The van der Waals surface area contributed by atoms with Crippen molar-refractivity contribution in [2.75, 3.05) is 0 Å². The minimum absolute atomic E-state index is 0.103. The lowest BCUT2D eigenvalue weighted by Crippen LogP contribution is -2.14. The monoisotopic (exact) mass is 367 g/mol. The Morgan fingerprint density at radius 2 is 1.68 bits per heavy atom. The van der Waals surface area contributed by atoms with Gasteiger partial charge in [-0.3, -0.25) is 0 Å². The van der Waals surface area contributed by atoms with Gasteiger partial charge in [0.05, 0.1) is 16.3 Å². The van der Waals surface area contributed by atoms with Crippen LogP contribution in [0.4, 0.5) is 13.2 Å². The number of hydrogen-bond acceptors (Lipinski definition) is 3. The molecule has 2 N–H and O–H groups in total. The molecule has 0 spiro atoms. The Morgan fingerprint density at radius 3 is 2.28 bits per heavy atom. The van der Waals surface area contributed by atoms with Gasteiger partial charge in [-0.05, 0) is 36.4 Å². The van der Waals surface area contributed by atoms with Gasteiger partial charge in [0.15, 0.2) is 0 Å². The highest BCUT2D eigenvalue weighted by molar-refractivity contribution is 7.89. The minimum atomic E-state index is -4.09. The second kappa shape index (κ2) is 6.34. The lowest BCUT2D eigenvalue weighted by atomic mass is 10.1. The molecule has 0 fully saturated rings. The summed E-state index contributed by atoms with van der Waals surface area (Å²) < 4.78 is 64.1. The Labute approximate surface area is 141 Å². The van der Waals surface area contributed by atoms with Crippen LogP contribution in [-0.4, -0.2) is 18.2 Å². The number of aromatic nitrogens is 2. The summed E-state index contributed by atoms with van der Waals surface area (Å²) in [5.41, 5.74) is -0.0173. The number of nitrogens with two attached hydrogens (primary N) is 1. The van der Waals surface area contributed by atoms with Gasteiger partial charge in [0, 0.05) is 5.56 Å². The number of alkyl halides is 2. The topological polar surface area (TPSA) is 78.0 Å². The highest BCUT2D eigenvalue weighted by Crippen LogP contribution is 2.31. The molecule has 1 aromatic heterocycles. The van der Waals surface area contributed by atoms with Crippen molar-refractivity contribution in [2.24, 2.45) is 5.14 Å². The summed E-state index contributed by atoms with van der Waals surface area (Å²) in [7, 11) is -4.09. The molecule has 25 heavy (non-hydrogen) atoms. The standard InChI is InChI=1S/C16H12F3N3O2S/c17-10-5-7-11(8-6-10)22-14(9-13(21-22)16(18)19)12-3-1-2-4-15(12)25(20,23)24/h1-9,16H,(H2,20,23,24). The van der Waals surface area contributed by atoms with Crippen molar-refractivity contribution < 1.29 is 21.6 Å². The lowest BCUT2D eigenvalue weighted by Gasteiger charge is -2.10. The second-order valence-corrected chi connectivity index (χ2v) is 6.71. The van der Waals surface area contributed by atoms with Gasteiger partial charge >= 0.3 is 0 Å². The van der Waals surface area contributed by atoms with Gasteiger partial charge in [-0.15, -0.1) is 0 Å². The maximum absolute atomic E-state index is 13.1. The molecule has 0 atom stereocenters. The van der Waals surface area contributed by atoms with Crippen LogP contribution in [0.15, 0.2) is 59.5 Å². The van der Waals surface area contributed by atoms with Crippen molar-refractivity contribution in [1.82, 2.24) is 9.78 Å².